The van der Waals surface area contributed by atoms with E-state index >= 15 is 0 Å². The van der Waals surface area contributed by atoms with Gasteiger partial charge in [-0.25, -0.2) is 0 Å². The molecule has 0 unspecified atom stereocenters. The lowest BCUT2D eigenvalue weighted by Crippen LogP contribution is -2.26. The quantitative estimate of drug-likeness (QED) is 0.524. The Morgan fingerprint density at radius 2 is 2.00 bits per heavy atom. The number of nitrogens with zero attached hydrogens (tertiary/aromatic N) is 1. The van der Waals surface area contributed by atoms with E-state index in [1.165, 1.54) is 10.4 Å². The van der Waals surface area contributed by atoms with Crippen molar-refractivity contribution < 1.29 is 10.2 Å². The highest BCUT2D eigenvalue weighted by Crippen LogP contribution is 2.37. The normalized spacial score (nSPS) is 11.3. The zero-order chi connectivity index (χ0) is 16.8. The molecule has 3 nitrogen and oxygen atoms in total. The van der Waals surface area contributed by atoms with Crippen LogP contribution in [-0.2, 0) is 13.0 Å². The molecule has 1 aromatic carbocycles. The molecule has 0 aliphatic rings. The minimum absolute atomic E-state index is 0.126. The smallest absolute Gasteiger partial charge is 0.120 e. The van der Waals surface area contributed by atoms with E-state index in [9.17, 15) is 5.11 Å². The van der Waals surface area contributed by atoms with Gasteiger partial charge in [-0.1, -0.05) is 53.2 Å². The highest BCUT2D eigenvalue weighted by Gasteiger charge is 2.13. The zero-order valence-electron chi connectivity index (χ0n) is 13.5. The van der Waals surface area contributed by atoms with Gasteiger partial charge < -0.3 is 10.2 Å². The van der Waals surface area contributed by atoms with Crippen LogP contribution in [0.1, 0.15) is 31.4 Å². The zero-order valence-corrected chi connectivity index (χ0v) is 16.0. The molecule has 0 atom stereocenters. The molecule has 23 heavy (non-hydrogen) atoms. The fraction of sp³-hybridized carbons (Fsp3) is 0.471. The Bertz CT molecular complexity index is 693. The molecule has 0 bridgehead atoms. The van der Waals surface area contributed by atoms with Crippen LogP contribution in [0.15, 0.2) is 18.2 Å². The molecule has 2 N–H and O–H groups in total. The minimum Gasteiger partial charge on any atom is -0.508 e. The van der Waals surface area contributed by atoms with E-state index in [0.29, 0.717) is 18.8 Å². The van der Waals surface area contributed by atoms with Crippen LogP contribution < -0.4 is 0 Å². The lowest BCUT2D eigenvalue weighted by atomic mass is 10.0. The van der Waals surface area contributed by atoms with E-state index in [0.717, 1.165) is 34.3 Å². The van der Waals surface area contributed by atoms with Crippen molar-refractivity contribution in [3.8, 4) is 16.2 Å². The van der Waals surface area contributed by atoms with E-state index < -0.39 is 0 Å². The molecule has 0 aliphatic heterocycles. The van der Waals surface area contributed by atoms with Crippen molar-refractivity contribution >= 4 is 32.9 Å². The number of hydrogen-bond acceptors (Lipinski definition) is 6. The third-order valence-electron chi connectivity index (χ3n) is 3.82. The number of hydrogen-bond donors (Lipinski definition) is 2. The summed E-state index contributed by atoms with van der Waals surface area (Å²) in [5, 5.41) is 19.3. The van der Waals surface area contributed by atoms with Gasteiger partial charge in [0.25, 0.3) is 0 Å². The number of aromatic hydroxyl groups is 1. The molecule has 0 spiro atoms. The Morgan fingerprint density at radius 1 is 1.22 bits per heavy atom. The minimum atomic E-state index is 0.126. The van der Waals surface area contributed by atoms with E-state index in [1.807, 2.05) is 6.07 Å². The highest BCUT2D eigenvalue weighted by molar-refractivity contribution is 7.80. The third kappa shape index (κ3) is 4.61. The first-order valence-corrected chi connectivity index (χ1v) is 10.4. The SMILES string of the molecule is CCCc1c(-c2ccc(O)c(CN(CC)CCO)c2)ssc1=S. The van der Waals surface area contributed by atoms with Gasteiger partial charge in [0, 0.05) is 18.7 Å². The molecule has 0 saturated carbocycles. The van der Waals surface area contributed by atoms with Crippen molar-refractivity contribution in [1.29, 1.82) is 0 Å². The van der Waals surface area contributed by atoms with Crippen molar-refractivity contribution in [3.63, 3.8) is 0 Å². The van der Waals surface area contributed by atoms with E-state index in [1.54, 1.807) is 26.7 Å². The molecule has 0 aliphatic carbocycles. The first-order valence-electron chi connectivity index (χ1n) is 7.88. The van der Waals surface area contributed by atoms with Crippen molar-refractivity contribution in [2.24, 2.45) is 0 Å². The summed E-state index contributed by atoms with van der Waals surface area (Å²) in [4.78, 5) is 3.34. The Morgan fingerprint density at radius 3 is 2.65 bits per heavy atom. The van der Waals surface area contributed by atoms with Crippen LogP contribution in [0.2, 0.25) is 0 Å². The van der Waals surface area contributed by atoms with Crippen LogP contribution in [0, 0.1) is 3.82 Å². The van der Waals surface area contributed by atoms with Gasteiger partial charge in [0.15, 0.2) is 0 Å². The summed E-state index contributed by atoms with van der Waals surface area (Å²) >= 11 is 5.46. The fourth-order valence-electron chi connectivity index (χ4n) is 2.55. The van der Waals surface area contributed by atoms with Crippen molar-refractivity contribution in [3.05, 3.63) is 33.1 Å². The molecule has 6 heteroatoms. The number of phenols is 1. The lowest BCUT2D eigenvalue weighted by Gasteiger charge is -2.20. The van der Waals surface area contributed by atoms with E-state index in [2.05, 4.69) is 24.8 Å². The van der Waals surface area contributed by atoms with Gasteiger partial charge in [-0.05, 0) is 42.3 Å². The second-order valence-electron chi connectivity index (χ2n) is 5.45. The molecule has 0 fully saturated rings. The van der Waals surface area contributed by atoms with Gasteiger partial charge in [-0.3, -0.25) is 4.90 Å². The van der Waals surface area contributed by atoms with Crippen LogP contribution in [0.4, 0.5) is 0 Å². The number of benzene rings is 1. The average molecular weight is 370 g/mol. The van der Waals surface area contributed by atoms with Crippen LogP contribution in [-0.4, -0.2) is 34.8 Å². The monoisotopic (exact) mass is 369 g/mol. The number of phenolic OH excluding ortho intramolecular Hbond substituents is 1. The molecule has 0 radical (unpaired) electrons. The Balaban J connectivity index is 2.35. The molecule has 0 saturated heterocycles. The van der Waals surface area contributed by atoms with Crippen LogP contribution in [0.5, 0.6) is 5.75 Å². The summed E-state index contributed by atoms with van der Waals surface area (Å²) in [5.74, 6) is 0.306. The molecule has 0 amide bonds. The standard InChI is InChI=1S/C17H23NO2S3/c1-3-5-14-16(22-23-17(14)21)12-6-7-15(20)13(10-12)11-18(4-2)8-9-19/h6-7,10,19-20H,3-5,8-9,11H2,1-2H3. The van der Waals surface area contributed by atoms with Crippen molar-refractivity contribution in [2.45, 2.75) is 33.2 Å². The summed E-state index contributed by atoms with van der Waals surface area (Å²) in [6.45, 7) is 6.43. The van der Waals surface area contributed by atoms with Gasteiger partial charge in [0.2, 0.25) is 0 Å². The van der Waals surface area contributed by atoms with E-state index in [4.69, 9.17) is 17.3 Å². The van der Waals surface area contributed by atoms with Crippen LogP contribution in [0.3, 0.4) is 0 Å². The van der Waals surface area contributed by atoms with Gasteiger partial charge in [0.05, 0.1) is 11.5 Å². The number of aliphatic hydroxyl groups is 1. The van der Waals surface area contributed by atoms with E-state index in [-0.39, 0.29) is 6.61 Å². The summed E-state index contributed by atoms with van der Waals surface area (Å²) < 4.78 is 0.983. The first kappa shape index (κ1) is 18.5. The Hall–Kier alpha value is -0.790. The van der Waals surface area contributed by atoms with Gasteiger partial charge in [-0.15, -0.1) is 0 Å². The summed E-state index contributed by atoms with van der Waals surface area (Å²) in [7, 11) is 3.37. The Labute approximate surface area is 150 Å². The topological polar surface area (TPSA) is 43.7 Å². The average Bonchev–Trinajstić information content (AvgIpc) is 2.90. The fourth-order valence-corrected chi connectivity index (χ4v) is 5.55. The molecule has 2 aromatic rings. The van der Waals surface area contributed by atoms with Crippen molar-refractivity contribution in [2.75, 3.05) is 19.7 Å². The van der Waals surface area contributed by atoms with Crippen LogP contribution in [0.25, 0.3) is 10.4 Å². The van der Waals surface area contributed by atoms with Crippen molar-refractivity contribution in [1.82, 2.24) is 4.90 Å². The largest absolute Gasteiger partial charge is 0.508 e. The molecule has 126 valence electrons. The predicted octanol–water partition coefficient (Wildman–Crippen LogP) is 4.68. The van der Waals surface area contributed by atoms with Gasteiger partial charge in [0.1, 0.15) is 9.57 Å². The number of aliphatic hydroxyl groups excluding tert-OH is 1. The van der Waals surface area contributed by atoms with Gasteiger partial charge in [-0.2, -0.15) is 0 Å². The second-order valence-corrected chi connectivity index (χ2v) is 8.26. The lowest BCUT2D eigenvalue weighted by molar-refractivity contribution is 0.195. The molecular weight excluding hydrogens is 346 g/mol. The summed E-state index contributed by atoms with van der Waals surface area (Å²) in [6.07, 6.45) is 2.07. The van der Waals surface area contributed by atoms with Crippen LogP contribution >= 0.6 is 32.9 Å². The number of rotatable bonds is 8. The van der Waals surface area contributed by atoms with Gasteiger partial charge >= 0.3 is 0 Å². The Kier molecular flexibility index (Phi) is 7.17. The number of likely N-dealkylation sites (N-methyl/N-ethyl adjacent to an activating group) is 1. The summed E-state index contributed by atoms with van der Waals surface area (Å²) in [5.41, 5.74) is 3.28. The second kappa shape index (κ2) is 8.89. The highest BCUT2D eigenvalue weighted by atomic mass is 32.9. The molecule has 1 aromatic heterocycles. The predicted molar refractivity (Wildman–Crippen MR) is 102 cm³/mol. The molecule has 1 heterocycles. The summed E-state index contributed by atoms with van der Waals surface area (Å²) in [6, 6.07) is 5.79. The maximum Gasteiger partial charge on any atom is 0.120 e. The maximum absolute atomic E-state index is 10.2. The molecular formula is C17H23NO2S3. The maximum atomic E-state index is 10.2. The third-order valence-corrected chi connectivity index (χ3v) is 7.01. The first-order chi connectivity index (χ1) is 11.1. The molecule has 2 rings (SSSR count).